The molecule has 0 saturated carbocycles. The molecule has 0 aliphatic heterocycles. The van der Waals surface area contributed by atoms with Gasteiger partial charge >= 0.3 is 5.97 Å². The maximum absolute atomic E-state index is 12.8. The van der Waals surface area contributed by atoms with Crippen molar-refractivity contribution in [2.45, 2.75) is 27.3 Å². The van der Waals surface area contributed by atoms with Gasteiger partial charge in [0.05, 0.1) is 35.6 Å². The van der Waals surface area contributed by atoms with Gasteiger partial charge in [-0.2, -0.15) is 4.99 Å². The Hall–Kier alpha value is -2.97. The molecule has 0 saturated heterocycles. The van der Waals surface area contributed by atoms with Crippen LogP contribution in [0, 0.1) is 0 Å². The summed E-state index contributed by atoms with van der Waals surface area (Å²) >= 11 is 1.35. The van der Waals surface area contributed by atoms with Crippen molar-refractivity contribution in [3.63, 3.8) is 0 Å². The van der Waals surface area contributed by atoms with Crippen LogP contribution >= 0.6 is 11.3 Å². The summed E-state index contributed by atoms with van der Waals surface area (Å²) in [4.78, 5) is 29.8. The quantitative estimate of drug-likeness (QED) is 0.369. The molecule has 1 aromatic heterocycles. The van der Waals surface area contributed by atoms with Gasteiger partial charge in [0.25, 0.3) is 5.91 Å². The smallest absolute Gasteiger partial charge is 0.338 e. The van der Waals surface area contributed by atoms with E-state index in [1.807, 2.05) is 24.5 Å². The van der Waals surface area contributed by atoms with E-state index >= 15 is 0 Å². The molecule has 0 fully saturated rings. The molecule has 0 unspecified atom stereocenters. The third-order valence-electron chi connectivity index (χ3n) is 4.47. The van der Waals surface area contributed by atoms with Gasteiger partial charge in [0.2, 0.25) is 0 Å². The first-order chi connectivity index (χ1) is 15.1. The minimum absolute atomic E-state index is 0.312. The van der Waals surface area contributed by atoms with Gasteiger partial charge in [-0.05, 0) is 63.2 Å². The van der Waals surface area contributed by atoms with E-state index in [4.69, 9.17) is 14.2 Å². The van der Waals surface area contributed by atoms with Crippen LogP contribution in [-0.4, -0.2) is 42.9 Å². The average molecular weight is 443 g/mol. The van der Waals surface area contributed by atoms with Crippen molar-refractivity contribution < 1.29 is 23.8 Å². The Balaban J connectivity index is 2.00. The van der Waals surface area contributed by atoms with Crippen LogP contribution in [0.25, 0.3) is 10.2 Å². The third-order valence-corrected chi connectivity index (χ3v) is 5.51. The molecule has 8 heteroatoms. The lowest BCUT2D eigenvalue weighted by atomic mass is 10.2. The van der Waals surface area contributed by atoms with Crippen molar-refractivity contribution in [3.05, 3.63) is 58.4 Å². The number of hydrogen-bond acceptors (Lipinski definition) is 6. The zero-order valence-corrected chi connectivity index (χ0v) is 18.7. The van der Waals surface area contributed by atoms with Crippen LogP contribution < -0.4 is 9.54 Å². The Morgan fingerprint density at radius 3 is 2.39 bits per heavy atom. The largest absolute Gasteiger partial charge is 0.494 e. The van der Waals surface area contributed by atoms with Crippen LogP contribution in [0.4, 0.5) is 0 Å². The monoisotopic (exact) mass is 442 g/mol. The first kappa shape index (κ1) is 22.7. The third kappa shape index (κ3) is 5.59. The molecule has 0 bridgehead atoms. The minimum atomic E-state index is -0.373. The standard InChI is InChI=1S/C23H26N2O5S/c1-4-28-14-13-25-19-12-9-17(22(27)30-6-3)15-20(19)31-23(25)24-21(26)16-7-10-18(11-8-16)29-5-2/h7-12,15H,4-6,13-14H2,1-3H3. The molecule has 3 rings (SSSR count). The number of thiazole rings is 1. The van der Waals surface area contributed by atoms with Crippen LogP contribution in [0.15, 0.2) is 47.5 Å². The molecule has 2 aromatic carbocycles. The molecule has 7 nitrogen and oxygen atoms in total. The number of esters is 1. The molecule has 0 aliphatic rings. The lowest BCUT2D eigenvalue weighted by Gasteiger charge is -2.06. The molecule has 0 atom stereocenters. The molecule has 31 heavy (non-hydrogen) atoms. The van der Waals surface area contributed by atoms with Crippen molar-refractivity contribution in [2.24, 2.45) is 4.99 Å². The highest BCUT2D eigenvalue weighted by atomic mass is 32.1. The second-order valence-corrected chi connectivity index (χ2v) is 7.52. The van der Waals surface area contributed by atoms with Crippen LogP contribution in [0.3, 0.4) is 0 Å². The van der Waals surface area contributed by atoms with Gasteiger partial charge in [-0.1, -0.05) is 11.3 Å². The Labute approximate surface area is 184 Å². The van der Waals surface area contributed by atoms with Gasteiger partial charge in [0.1, 0.15) is 5.75 Å². The van der Waals surface area contributed by atoms with Gasteiger partial charge in [-0.3, -0.25) is 4.79 Å². The van der Waals surface area contributed by atoms with Crippen molar-refractivity contribution in [1.82, 2.24) is 4.57 Å². The lowest BCUT2D eigenvalue weighted by Crippen LogP contribution is -2.19. The SMILES string of the molecule is CCOCCn1c(=NC(=O)c2ccc(OCC)cc2)sc2cc(C(=O)OCC)ccc21. The molecular weight excluding hydrogens is 416 g/mol. The van der Waals surface area contributed by atoms with E-state index in [0.29, 0.717) is 54.7 Å². The highest BCUT2D eigenvalue weighted by Gasteiger charge is 2.13. The number of ether oxygens (including phenoxy) is 3. The average Bonchev–Trinajstić information content (AvgIpc) is 3.11. The van der Waals surface area contributed by atoms with E-state index in [-0.39, 0.29) is 11.9 Å². The van der Waals surface area contributed by atoms with Crippen LogP contribution in [0.5, 0.6) is 5.75 Å². The van der Waals surface area contributed by atoms with Gasteiger partial charge in [0.15, 0.2) is 4.80 Å². The number of rotatable bonds is 9. The van der Waals surface area contributed by atoms with E-state index in [9.17, 15) is 9.59 Å². The lowest BCUT2D eigenvalue weighted by molar-refractivity contribution is 0.0526. The van der Waals surface area contributed by atoms with E-state index < -0.39 is 0 Å². The zero-order valence-electron chi connectivity index (χ0n) is 17.9. The maximum atomic E-state index is 12.8. The predicted molar refractivity (Wildman–Crippen MR) is 120 cm³/mol. The Morgan fingerprint density at radius 2 is 1.71 bits per heavy atom. The summed E-state index contributed by atoms with van der Waals surface area (Å²) < 4.78 is 18.8. The first-order valence-electron chi connectivity index (χ1n) is 10.3. The number of fused-ring (bicyclic) bond motifs is 1. The summed E-state index contributed by atoms with van der Waals surface area (Å²) in [5, 5.41) is 0. The normalized spacial score (nSPS) is 11.6. The molecule has 3 aromatic rings. The summed E-state index contributed by atoms with van der Waals surface area (Å²) in [5.74, 6) is -0.00724. The van der Waals surface area contributed by atoms with E-state index in [1.165, 1.54) is 11.3 Å². The molecule has 0 aliphatic carbocycles. The number of carbonyl (C=O) groups is 2. The maximum Gasteiger partial charge on any atom is 0.338 e. The summed E-state index contributed by atoms with van der Waals surface area (Å²) in [6.45, 7) is 8.13. The van der Waals surface area contributed by atoms with E-state index in [0.717, 1.165) is 10.2 Å². The fourth-order valence-electron chi connectivity index (χ4n) is 3.03. The molecule has 1 amide bonds. The number of hydrogen-bond donors (Lipinski definition) is 0. The summed E-state index contributed by atoms with van der Waals surface area (Å²) in [6, 6.07) is 12.3. The Kier molecular flexibility index (Phi) is 7.97. The predicted octanol–water partition coefficient (Wildman–Crippen LogP) is 4.06. The number of benzene rings is 2. The topological polar surface area (TPSA) is 79.1 Å². The molecule has 0 radical (unpaired) electrons. The van der Waals surface area contributed by atoms with E-state index in [1.54, 1.807) is 43.3 Å². The van der Waals surface area contributed by atoms with Crippen molar-refractivity contribution in [3.8, 4) is 5.75 Å². The Bertz CT molecular complexity index is 1120. The van der Waals surface area contributed by atoms with Crippen LogP contribution in [-0.2, 0) is 16.0 Å². The first-order valence-corrected chi connectivity index (χ1v) is 11.1. The van der Waals surface area contributed by atoms with Gasteiger partial charge in [-0.15, -0.1) is 0 Å². The highest BCUT2D eigenvalue weighted by Crippen LogP contribution is 2.20. The second kappa shape index (κ2) is 10.9. The van der Waals surface area contributed by atoms with Crippen LogP contribution in [0.2, 0.25) is 0 Å². The van der Waals surface area contributed by atoms with Gasteiger partial charge in [-0.25, -0.2) is 4.79 Å². The molecular formula is C23H26N2O5S. The summed E-state index contributed by atoms with van der Waals surface area (Å²) in [6.07, 6.45) is 0. The summed E-state index contributed by atoms with van der Waals surface area (Å²) in [7, 11) is 0. The minimum Gasteiger partial charge on any atom is -0.494 e. The van der Waals surface area contributed by atoms with Crippen molar-refractivity contribution >= 4 is 33.4 Å². The number of carbonyl (C=O) groups excluding carboxylic acids is 2. The second-order valence-electron chi connectivity index (χ2n) is 6.51. The number of amides is 1. The molecule has 0 spiro atoms. The van der Waals surface area contributed by atoms with Gasteiger partial charge in [0, 0.05) is 18.7 Å². The number of aromatic nitrogens is 1. The van der Waals surface area contributed by atoms with Gasteiger partial charge < -0.3 is 18.8 Å². The summed E-state index contributed by atoms with van der Waals surface area (Å²) in [5.41, 5.74) is 1.83. The van der Waals surface area contributed by atoms with Crippen molar-refractivity contribution in [2.75, 3.05) is 26.4 Å². The van der Waals surface area contributed by atoms with Crippen molar-refractivity contribution in [1.29, 1.82) is 0 Å². The number of nitrogens with zero attached hydrogens (tertiary/aromatic N) is 2. The zero-order chi connectivity index (χ0) is 22.2. The van der Waals surface area contributed by atoms with E-state index in [2.05, 4.69) is 4.99 Å². The molecule has 1 heterocycles. The Morgan fingerprint density at radius 1 is 0.968 bits per heavy atom. The van der Waals surface area contributed by atoms with Crippen LogP contribution in [0.1, 0.15) is 41.5 Å². The fraction of sp³-hybridized carbons (Fsp3) is 0.348. The molecule has 164 valence electrons. The fourth-order valence-corrected chi connectivity index (χ4v) is 4.12. The highest BCUT2D eigenvalue weighted by molar-refractivity contribution is 7.16. The molecule has 0 N–H and O–H groups in total.